The average Bonchev–Trinajstić information content (AvgIpc) is 3.26. The zero-order valence-corrected chi connectivity index (χ0v) is 14.5. The Balaban J connectivity index is 1.46. The summed E-state index contributed by atoms with van der Waals surface area (Å²) < 4.78 is 16.4. The lowest BCUT2D eigenvalue weighted by Crippen LogP contribution is -2.17. The largest absolute Gasteiger partial charge is 0.486 e. The van der Waals surface area contributed by atoms with Gasteiger partial charge in [0.15, 0.2) is 11.5 Å². The lowest BCUT2D eigenvalue weighted by atomic mass is 10.2. The van der Waals surface area contributed by atoms with Gasteiger partial charge in [-0.15, -0.1) is 11.3 Å². The van der Waals surface area contributed by atoms with Crippen LogP contribution in [0.5, 0.6) is 11.5 Å². The standard InChI is InChI=1S/C17H13ClN2O4S/c18-11-7-13-14(23-4-3-22-13)8-12(11)20-16(21)6-10-9-24-17(19-10)15-2-1-5-25-15/h1-2,5,7-9H,3-4,6H2,(H,20,21). The van der Waals surface area contributed by atoms with Crippen LogP contribution in [0.2, 0.25) is 5.02 Å². The minimum Gasteiger partial charge on any atom is -0.486 e. The molecule has 1 amide bonds. The number of oxazole rings is 1. The number of thiophene rings is 1. The molecule has 3 aromatic rings. The second kappa shape index (κ2) is 6.78. The highest BCUT2D eigenvalue weighted by molar-refractivity contribution is 7.13. The number of hydrogen-bond donors (Lipinski definition) is 1. The van der Waals surface area contributed by atoms with Gasteiger partial charge in [-0.25, -0.2) is 4.98 Å². The van der Waals surface area contributed by atoms with Crippen molar-refractivity contribution in [2.24, 2.45) is 0 Å². The second-order valence-electron chi connectivity index (χ2n) is 5.32. The Kier molecular flexibility index (Phi) is 4.33. The van der Waals surface area contributed by atoms with Crippen LogP contribution < -0.4 is 14.8 Å². The van der Waals surface area contributed by atoms with E-state index in [1.54, 1.807) is 12.1 Å². The van der Waals surface area contributed by atoms with Gasteiger partial charge in [0.1, 0.15) is 19.5 Å². The summed E-state index contributed by atoms with van der Waals surface area (Å²) in [6.07, 6.45) is 1.57. The molecule has 1 aromatic carbocycles. The van der Waals surface area contributed by atoms with Crippen molar-refractivity contribution in [1.29, 1.82) is 0 Å². The molecule has 1 aliphatic heterocycles. The van der Waals surface area contributed by atoms with Gasteiger partial charge in [-0.2, -0.15) is 0 Å². The summed E-state index contributed by atoms with van der Waals surface area (Å²) in [5.74, 6) is 1.40. The first-order valence-electron chi connectivity index (χ1n) is 7.56. The van der Waals surface area contributed by atoms with E-state index in [4.69, 9.17) is 25.5 Å². The third kappa shape index (κ3) is 3.47. The van der Waals surface area contributed by atoms with Gasteiger partial charge < -0.3 is 19.2 Å². The summed E-state index contributed by atoms with van der Waals surface area (Å²) in [4.78, 5) is 17.5. The first kappa shape index (κ1) is 16.0. The van der Waals surface area contributed by atoms with E-state index in [1.807, 2.05) is 17.5 Å². The summed E-state index contributed by atoms with van der Waals surface area (Å²) in [5.41, 5.74) is 1.02. The van der Waals surface area contributed by atoms with Crippen LogP contribution in [0.15, 0.2) is 40.3 Å². The lowest BCUT2D eigenvalue weighted by Gasteiger charge is -2.19. The monoisotopic (exact) mass is 376 g/mol. The molecule has 128 valence electrons. The normalized spacial score (nSPS) is 12.8. The molecule has 8 heteroatoms. The van der Waals surface area contributed by atoms with Crippen LogP contribution in [-0.4, -0.2) is 24.1 Å². The quantitative estimate of drug-likeness (QED) is 0.744. The summed E-state index contributed by atoms with van der Waals surface area (Å²) in [7, 11) is 0. The summed E-state index contributed by atoms with van der Waals surface area (Å²) in [6.45, 7) is 0.945. The number of nitrogens with one attached hydrogen (secondary N) is 1. The molecule has 0 unspecified atom stereocenters. The molecular weight excluding hydrogens is 364 g/mol. The fourth-order valence-corrected chi connectivity index (χ4v) is 3.28. The minimum atomic E-state index is -0.246. The van der Waals surface area contributed by atoms with E-state index >= 15 is 0 Å². The van der Waals surface area contributed by atoms with Gasteiger partial charge in [0.05, 0.1) is 27.7 Å². The Labute approximate surface area is 152 Å². The molecule has 0 aliphatic carbocycles. The average molecular weight is 377 g/mol. The Morgan fingerprint density at radius 3 is 2.84 bits per heavy atom. The molecule has 1 N–H and O–H groups in total. The van der Waals surface area contributed by atoms with Gasteiger partial charge in [0.25, 0.3) is 0 Å². The van der Waals surface area contributed by atoms with Crippen LogP contribution in [0, 0.1) is 0 Å². The Morgan fingerprint density at radius 1 is 1.28 bits per heavy atom. The molecule has 3 heterocycles. The van der Waals surface area contributed by atoms with Crippen molar-refractivity contribution in [3.8, 4) is 22.3 Å². The molecule has 0 spiro atoms. The number of benzene rings is 1. The Morgan fingerprint density at radius 2 is 2.08 bits per heavy atom. The molecule has 0 fully saturated rings. The maximum atomic E-state index is 12.3. The lowest BCUT2D eigenvalue weighted by molar-refractivity contribution is -0.115. The number of fused-ring (bicyclic) bond motifs is 1. The van der Waals surface area contributed by atoms with Gasteiger partial charge >= 0.3 is 0 Å². The Bertz CT molecular complexity index is 908. The zero-order valence-electron chi connectivity index (χ0n) is 13.0. The van der Waals surface area contributed by atoms with Crippen LogP contribution in [0.3, 0.4) is 0 Å². The molecule has 6 nitrogen and oxygen atoms in total. The van der Waals surface area contributed by atoms with E-state index in [-0.39, 0.29) is 12.3 Å². The number of amides is 1. The molecule has 0 saturated heterocycles. The summed E-state index contributed by atoms with van der Waals surface area (Å²) in [5, 5.41) is 5.09. The van der Waals surface area contributed by atoms with Crippen LogP contribution in [-0.2, 0) is 11.2 Å². The number of halogens is 1. The van der Waals surface area contributed by atoms with Crippen LogP contribution in [0.4, 0.5) is 5.69 Å². The van der Waals surface area contributed by atoms with Gasteiger partial charge in [-0.1, -0.05) is 17.7 Å². The van der Waals surface area contributed by atoms with E-state index < -0.39 is 0 Å². The third-order valence-corrected chi connectivity index (χ3v) is 4.70. The topological polar surface area (TPSA) is 73.6 Å². The van der Waals surface area contributed by atoms with Crippen molar-refractivity contribution < 1.29 is 18.7 Å². The SMILES string of the molecule is O=C(Cc1coc(-c2cccs2)n1)Nc1cc2c(cc1Cl)OCCO2. The first-order valence-corrected chi connectivity index (χ1v) is 8.82. The summed E-state index contributed by atoms with van der Waals surface area (Å²) >= 11 is 7.72. The van der Waals surface area contributed by atoms with Crippen molar-refractivity contribution in [2.75, 3.05) is 18.5 Å². The van der Waals surface area contributed by atoms with Crippen LogP contribution in [0.1, 0.15) is 5.69 Å². The van der Waals surface area contributed by atoms with Crippen molar-refractivity contribution in [3.05, 3.63) is 46.6 Å². The highest BCUT2D eigenvalue weighted by Gasteiger charge is 2.17. The molecular formula is C17H13ClN2O4S. The van der Waals surface area contributed by atoms with E-state index in [9.17, 15) is 4.79 Å². The number of hydrogen-bond acceptors (Lipinski definition) is 6. The highest BCUT2D eigenvalue weighted by atomic mass is 35.5. The predicted octanol–water partition coefficient (Wildman–Crippen LogP) is 4.01. The Hall–Kier alpha value is -2.51. The second-order valence-corrected chi connectivity index (χ2v) is 6.68. The molecule has 0 saturated carbocycles. The van der Waals surface area contributed by atoms with E-state index in [0.29, 0.717) is 47.0 Å². The number of carbonyl (C=O) groups excluding carboxylic acids is 1. The number of rotatable bonds is 4. The fraction of sp³-hybridized carbons (Fsp3) is 0.176. The fourth-order valence-electron chi connectivity index (χ4n) is 2.42. The first-order chi connectivity index (χ1) is 12.2. The molecule has 2 aromatic heterocycles. The van der Waals surface area contributed by atoms with Gasteiger partial charge in [0.2, 0.25) is 11.8 Å². The minimum absolute atomic E-state index is 0.0830. The molecule has 0 radical (unpaired) electrons. The van der Waals surface area contributed by atoms with Gasteiger partial charge in [-0.05, 0) is 11.4 Å². The molecule has 0 atom stereocenters. The maximum Gasteiger partial charge on any atom is 0.236 e. The zero-order chi connectivity index (χ0) is 17.2. The predicted molar refractivity (Wildman–Crippen MR) is 94.6 cm³/mol. The molecule has 4 rings (SSSR count). The van der Waals surface area contributed by atoms with Crippen LogP contribution in [0.25, 0.3) is 10.8 Å². The van der Waals surface area contributed by atoms with Crippen molar-refractivity contribution in [3.63, 3.8) is 0 Å². The van der Waals surface area contributed by atoms with Gasteiger partial charge in [-0.3, -0.25) is 4.79 Å². The van der Waals surface area contributed by atoms with Gasteiger partial charge in [0, 0.05) is 12.1 Å². The number of anilines is 1. The number of aromatic nitrogens is 1. The molecule has 0 bridgehead atoms. The smallest absolute Gasteiger partial charge is 0.236 e. The van der Waals surface area contributed by atoms with Crippen LogP contribution >= 0.6 is 22.9 Å². The molecule has 25 heavy (non-hydrogen) atoms. The van der Waals surface area contributed by atoms with E-state index in [0.717, 1.165) is 4.88 Å². The molecule has 1 aliphatic rings. The summed E-state index contributed by atoms with van der Waals surface area (Å²) in [6, 6.07) is 7.13. The number of carbonyl (C=O) groups is 1. The number of nitrogens with zero attached hydrogens (tertiary/aromatic N) is 1. The maximum absolute atomic E-state index is 12.3. The third-order valence-electron chi connectivity index (χ3n) is 3.53. The highest BCUT2D eigenvalue weighted by Crippen LogP contribution is 2.38. The van der Waals surface area contributed by atoms with E-state index in [1.165, 1.54) is 17.6 Å². The van der Waals surface area contributed by atoms with Crippen molar-refractivity contribution in [2.45, 2.75) is 6.42 Å². The number of ether oxygens (including phenoxy) is 2. The van der Waals surface area contributed by atoms with E-state index in [2.05, 4.69) is 10.3 Å². The van der Waals surface area contributed by atoms with Crippen molar-refractivity contribution in [1.82, 2.24) is 4.98 Å². The van der Waals surface area contributed by atoms with Crippen molar-refractivity contribution >= 4 is 34.5 Å².